The first-order valence-electron chi connectivity index (χ1n) is 6.58. The molecule has 5 nitrogen and oxygen atoms in total. The summed E-state index contributed by atoms with van der Waals surface area (Å²) < 4.78 is 5.24. The van der Waals surface area contributed by atoms with E-state index in [0.29, 0.717) is 6.42 Å². The van der Waals surface area contributed by atoms with E-state index in [1.807, 2.05) is 0 Å². The van der Waals surface area contributed by atoms with E-state index in [1.165, 1.54) is 26.0 Å². The first-order chi connectivity index (χ1) is 9.24. The van der Waals surface area contributed by atoms with Gasteiger partial charge in [-0.1, -0.05) is 6.58 Å². The van der Waals surface area contributed by atoms with Gasteiger partial charge in [0.15, 0.2) is 5.78 Å². The van der Waals surface area contributed by atoms with Gasteiger partial charge in [-0.3, -0.25) is 4.79 Å². The molecular weight excluding hydrogens is 260 g/mol. The summed E-state index contributed by atoms with van der Waals surface area (Å²) in [6.07, 6.45) is 2.64. The highest BCUT2D eigenvalue weighted by molar-refractivity contribution is 5.98. The van der Waals surface area contributed by atoms with Crippen LogP contribution in [0.25, 0.3) is 0 Å². The molecule has 2 rings (SSSR count). The Morgan fingerprint density at radius 2 is 2.15 bits per heavy atom. The molecule has 1 saturated heterocycles. The Balaban J connectivity index is 2.24. The molecule has 108 valence electrons. The number of Topliss-reactive ketones (excluding diaryl/α,β-unsaturated/α-hetero) is 1. The monoisotopic (exact) mass is 278 g/mol. The largest absolute Gasteiger partial charge is 0.457 e. The van der Waals surface area contributed by atoms with Crippen molar-refractivity contribution in [3.63, 3.8) is 0 Å². The van der Waals surface area contributed by atoms with Crippen molar-refractivity contribution in [2.45, 2.75) is 38.4 Å². The van der Waals surface area contributed by atoms with Gasteiger partial charge in [0, 0.05) is 17.9 Å². The summed E-state index contributed by atoms with van der Waals surface area (Å²) in [6.45, 7) is 6.67. The van der Waals surface area contributed by atoms with Gasteiger partial charge in [0.05, 0.1) is 11.5 Å². The molecule has 0 amide bonds. The number of cyclic esters (lactones) is 1. The second-order valence-electron chi connectivity index (χ2n) is 5.68. The van der Waals surface area contributed by atoms with E-state index in [2.05, 4.69) is 6.58 Å². The van der Waals surface area contributed by atoms with Gasteiger partial charge in [0.1, 0.15) is 11.9 Å². The van der Waals surface area contributed by atoms with E-state index in [-0.39, 0.29) is 23.6 Å². The summed E-state index contributed by atoms with van der Waals surface area (Å²) in [5, 5.41) is 10.3. The minimum absolute atomic E-state index is 0.00136. The number of ketones is 2. The molecule has 0 spiro atoms. The van der Waals surface area contributed by atoms with Crippen LogP contribution in [0.5, 0.6) is 0 Å². The van der Waals surface area contributed by atoms with E-state index in [0.717, 1.165) is 0 Å². The predicted octanol–water partition coefficient (Wildman–Crippen LogP) is 0.959. The van der Waals surface area contributed by atoms with Crippen molar-refractivity contribution in [3.05, 3.63) is 24.3 Å². The molecule has 4 atom stereocenters. The van der Waals surface area contributed by atoms with E-state index >= 15 is 0 Å². The fraction of sp³-hybridized carbons (Fsp3) is 0.533. The molecule has 0 unspecified atom stereocenters. The highest BCUT2D eigenvalue weighted by atomic mass is 16.6. The third-order valence-corrected chi connectivity index (χ3v) is 4.01. The number of aliphatic hydroxyl groups is 1. The molecule has 0 bridgehead atoms. The second kappa shape index (κ2) is 4.98. The quantitative estimate of drug-likeness (QED) is 0.612. The zero-order chi connectivity index (χ0) is 15.1. The van der Waals surface area contributed by atoms with Gasteiger partial charge in [-0.15, -0.1) is 0 Å². The third-order valence-electron chi connectivity index (χ3n) is 4.01. The summed E-state index contributed by atoms with van der Waals surface area (Å²) in [5.74, 6) is -2.07. The fourth-order valence-corrected chi connectivity index (χ4v) is 2.87. The standard InChI is InChI=1S/C15H18O5/c1-8(16)4-5-10-9(2)14(18)20-13(10)12-11(17)6-7-15(12,3)19/h6-7,10,12-13,19H,2,4-5H2,1,3H3/t10-,12+,13-,15-/m0/s1. The van der Waals surface area contributed by atoms with Crippen LogP contribution in [0.3, 0.4) is 0 Å². The number of allylic oxidation sites excluding steroid dienone is 1. The highest BCUT2D eigenvalue weighted by Gasteiger charge is 2.52. The minimum atomic E-state index is -1.35. The molecular formula is C15H18O5. The van der Waals surface area contributed by atoms with Crippen LogP contribution in [0, 0.1) is 11.8 Å². The van der Waals surface area contributed by atoms with Crippen LogP contribution in [0.15, 0.2) is 24.3 Å². The van der Waals surface area contributed by atoms with Crippen molar-refractivity contribution in [1.29, 1.82) is 0 Å². The number of carbonyl (C=O) groups is 3. The summed E-state index contributed by atoms with van der Waals surface area (Å²) >= 11 is 0. The zero-order valence-electron chi connectivity index (χ0n) is 11.6. The minimum Gasteiger partial charge on any atom is -0.457 e. The lowest BCUT2D eigenvalue weighted by Crippen LogP contribution is -2.44. The average molecular weight is 278 g/mol. The molecule has 0 aromatic rings. The maximum atomic E-state index is 11.9. The van der Waals surface area contributed by atoms with Crippen molar-refractivity contribution in [3.8, 4) is 0 Å². The zero-order valence-corrected chi connectivity index (χ0v) is 11.6. The van der Waals surface area contributed by atoms with Crippen molar-refractivity contribution < 1.29 is 24.2 Å². The first kappa shape index (κ1) is 14.7. The maximum Gasteiger partial charge on any atom is 0.334 e. The van der Waals surface area contributed by atoms with Crippen LogP contribution in [-0.2, 0) is 19.1 Å². The van der Waals surface area contributed by atoms with Gasteiger partial charge in [0.2, 0.25) is 0 Å². The number of hydrogen-bond donors (Lipinski definition) is 1. The van der Waals surface area contributed by atoms with Gasteiger partial charge in [0.25, 0.3) is 0 Å². The van der Waals surface area contributed by atoms with Gasteiger partial charge in [-0.2, -0.15) is 0 Å². The lowest BCUT2D eigenvalue weighted by atomic mass is 9.78. The first-order valence-corrected chi connectivity index (χ1v) is 6.58. The lowest BCUT2D eigenvalue weighted by molar-refractivity contribution is -0.147. The Bertz CT molecular complexity index is 514. The molecule has 1 fully saturated rings. The molecule has 1 N–H and O–H groups in total. The van der Waals surface area contributed by atoms with Crippen LogP contribution in [0.2, 0.25) is 0 Å². The van der Waals surface area contributed by atoms with Gasteiger partial charge in [-0.05, 0) is 32.4 Å². The van der Waals surface area contributed by atoms with Crippen LogP contribution >= 0.6 is 0 Å². The van der Waals surface area contributed by atoms with Crippen LogP contribution in [0.4, 0.5) is 0 Å². The maximum absolute atomic E-state index is 11.9. The fourth-order valence-electron chi connectivity index (χ4n) is 2.87. The van der Waals surface area contributed by atoms with Crippen LogP contribution in [0.1, 0.15) is 26.7 Å². The molecule has 0 radical (unpaired) electrons. The predicted molar refractivity (Wildman–Crippen MR) is 70.7 cm³/mol. The highest BCUT2D eigenvalue weighted by Crippen LogP contribution is 2.41. The third kappa shape index (κ3) is 2.45. The van der Waals surface area contributed by atoms with Gasteiger partial charge >= 0.3 is 5.97 Å². The Hall–Kier alpha value is -1.75. The molecule has 5 heteroatoms. The van der Waals surface area contributed by atoms with Crippen molar-refractivity contribution in [1.82, 2.24) is 0 Å². The normalized spacial score (nSPS) is 36.5. The number of esters is 1. The smallest absolute Gasteiger partial charge is 0.334 e. The Morgan fingerprint density at radius 3 is 2.65 bits per heavy atom. The molecule has 1 heterocycles. The van der Waals surface area contributed by atoms with E-state index < -0.39 is 29.5 Å². The second-order valence-corrected chi connectivity index (χ2v) is 5.68. The summed E-state index contributed by atoms with van der Waals surface area (Å²) in [4.78, 5) is 34.8. The lowest BCUT2D eigenvalue weighted by Gasteiger charge is -2.30. The van der Waals surface area contributed by atoms with E-state index in [9.17, 15) is 19.5 Å². The number of ether oxygens (including phenoxy) is 1. The van der Waals surface area contributed by atoms with Crippen LogP contribution in [-0.4, -0.2) is 34.3 Å². The van der Waals surface area contributed by atoms with Gasteiger partial charge < -0.3 is 14.6 Å². The van der Waals surface area contributed by atoms with Crippen molar-refractivity contribution in [2.24, 2.45) is 11.8 Å². The molecule has 1 aliphatic heterocycles. The Labute approximate surface area is 117 Å². The molecule has 2 aliphatic rings. The summed E-state index contributed by atoms with van der Waals surface area (Å²) in [5.41, 5.74) is -1.08. The molecule has 0 aromatic carbocycles. The molecule has 1 aliphatic carbocycles. The van der Waals surface area contributed by atoms with Gasteiger partial charge in [-0.25, -0.2) is 4.79 Å². The van der Waals surface area contributed by atoms with Crippen molar-refractivity contribution >= 4 is 17.5 Å². The Kier molecular flexibility index (Phi) is 3.65. The van der Waals surface area contributed by atoms with E-state index in [1.54, 1.807) is 0 Å². The number of rotatable bonds is 4. The SMILES string of the molecule is C=C1C(=O)O[C@H]([C@H]2C(=O)C=C[C@]2(C)O)[C@H]1CCC(C)=O. The summed E-state index contributed by atoms with van der Waals surface area (Å²) in [7, 11) is 0. The van der Waals surface area contributed by atoms with E-state index in [4.69, 9.17) is 4.74 Å². The Morgan fingerprint density at radius 1 is 1.50 bits per heavy atom. The average Bonchev–Trinajstić information content (AvgIpc) is 2.75. The molecule has 20 heavy (non-hydrogen) atoms. The van der Waals surface area contributed by atoms with Crippen molar-refractivity contribution in [2.75, 3.05) is 0 Å². The number of hydrogen-bond acceptors (Lipinski definition) is 5. The molecule has 0 aromatic heterocycles. The summed E-state index contributed by atoms with van der Waals surface area (Å²) in [6, 6.07) is 0. The molecule has 0 saturated carbocycles. The number of carbonyl (C=O) groups excluding carboxylic acids is 3. The topological polar surface area (TPSA) is 80.7 Å². The van der Waals surface area contributed by atoms with Crippen LogP contribution < -0.4 is 0 Å².